The molecule has 0 spiro atoms. The highest BCUT2D eigenvalue weighted by molar-refractivity contribution is 5.99. The molecule has 1 rings (SSSR count). The van der Waals surface area contributed by atoms with Gasteiger partial charge in [-0.3, -0.25) is 10.1 Å². The molecule has 9 nitrogen and oxygen atoms in total. The number of benzene rings is 1. The van der Waals surface area contributed by atoms with E-state index in [4.69, 9.17) is 16.6 Å². The number of rotatable bonds is 4. The number of nitrogens with two attached hydrogens (primary N) is 2. The Morgan fingerprint density at radius 2 is 2.11 bits per heavy atom. The normalized spacial score (nSPS) is 10.2. The molecule has 0 saturated carbocycles. The van der Waals surface area contributed by atoms with Crippen LogP contribution in [0.1, 0.15) is 15.9 Å². The van der Waals surface area contributed by atoms with Crippen molar-refractivity contribution in [3.8, 4) is 0 Å². The number of nitro groups is 1. The number of nitrogens with zero attached hydrogens (tertiary/aromatic N) is 3. The van der Waals surface area contributed by atoms with Gasteiger partial charge in [-0.25, -0.2) is 4.79 Å². The van der Waals surface area contributed by atoms with Crippen LogP contribution in [0.4, 0.5) is 5.69 Å². The summed E-state index contributed by atoms with van der Waals surface area (Å²) in [7, 11) is 0. The number of nitro benzene ring substituents is 1. The maximum Gasteiger partial charge on any atom is 0.336 e. The minimum Gasteiger partial charge on any atom is -0.478 e. The van der Waals surface area contributed by atoms with E-state index in [1.54, 1.807) is 0 Å². The highest BCUT2D eigenvalue weighted by atomic mass is 16.6. The molecule has 0 bridgehead atoms. The van der Waals surface area contributed by atoms with Crippen LogP contribution in [0.15, 0.2) is 28.4 Å². The van der Waals surface area contributed by atoms with E-state index in [1.165, 1.54) is 6.07 Å². The van der Waals surface area contributed by atoms with Crippen LogP contribution in [0.5, 0.6) is 0 Å². The van der Waals surface area contributed by atoms with Crippen molar-refractivity contribution in [1.82, 2.24) is 0 Å². The van der Waals surface area contributed by atoms with Gasteiger partial charge in [0, 0.05) is 17.7 Å². The second-order valence-electron chi connectivity index (χ2n) is 3.10. The molecule has 94 valence electrons. The van der Waals surface area contributed by atoms with Crippen LogP contribution in [0.2, 0.25) is 0 Å². The average molecular weight is 251 g/mol. The minimum absolute atomic E-state index is 0.151. The minimum atomic E-state index is -1.31. The van der Waals surface area contributed by atoms with E-state index < -0.39 is 10.9 Å². The number of carbonyl (C=O) groups is 1. The predicted octanol–water partition coefficient (Wildman–Crippen LogP) is -0.0997. The number of aromatic carboxylic acids is 1. The lowest BCUT2D eigenvalue weighted by molar-refractivity contribution is -0.384. The number of guanidine groups is 1. The van der Waals surface area contributed by atoms with Crippen LogP contribution >= 0.6 is 0 Å². The first-order valence-electron chi connectivity index (χ1n) is 4.55. The van der Waals surface area contributed by atoms with Gasteiger partial charge in [-0.2, -0.15) is 5.10 Å². The first-order chi connectivity index (χ1) is 8.41. The third-order valence-electron chi connectivity index (χ3n) is 1.85. The fourth-order valence-corrected chi connectivity index (χ4v) is 1.11. The van der Waals surface area contributed by atoms with Gasteiger partial charge in [0.15, 0.2) is 0 Å². The molecule has 0 amide bonds. The predicted molar refractivity (Wildman–Crippen MR) is 63.5 cm³/mol. The average Bonchev–Trinajstić information content (AvgIpc) is 2.28. The van der Waals surface area contributed by atoms with Crippen molar-refractivity contribution >= 4 is 23.8 Å². The van der Waals surface area contributed by atoms with Gasteiger partial charge in [0.05, 0.1) is 16.7 Å². The van der Waals surface area contributed by atoms with E-state index in [9.17, 15) is 14.9 Å². The van der Waals surface area contributed by atoms with Crippen LogP contribution in [-0.4, -0.2) is 28.2 Å². The molecule has 5 N–H and O–H groups in total. The van der Waals surface area contributed by atoms with Crippen molar-refractivity contribution in [2.45, 2.75) is 0 Å². The molecular formula is C9H9N5O4. The Kier molecular flexibility index (Phi) is 3.92. The molecule has 0 aliphatic carbocycles. The first kappa shape index (κ1) is 13.1. The Bertz CT molecular complexity index is 548. The Hall–Kier alpha value is -2.97. The van der Waals surface area contributed by atoms with Gasteiger partial charge < -0.3 is 16.6 Å². The molecule has 0 heterocycles. The summed E-state index contributed by atoms with van der Waals surface area (Å²) in [5.74, 6) is -1.60. The number of carboxylic acid groups (broad SMARTS) is 1. The smallest absolute Gasteiger partial charge is 0.336 e. The fourth-order valence-electron chi connectivity index (χ4n) is 1.11. The van der Waals surface area contributed by atoms with Crippen LogP contribution in [0, 0.1) is 10.1 Å². The number of hydrogen-bond donors (Lipinski definition) is 3. The molecule has 1 aromatic carbocycles. The Morgan fingerprint density at radius 1 is 1.44 bits per heavy atom. The monoisotopic (exact) mass is 251 g/mol. The third-order valence-corrected chi connectivity index (χ3v) is 1.85. The van der Waals surface area contributed by atoms with Crippen molar-refractivity contribution < 1.29 is 14.8 Å². The second kappa shape index (κ2) is 5.39. The SMILES string of the molecule is NC(N)=NN=Cc1ccc([N+](=O)[O-])cc1C(=O)O. The Morgan fingerprint density at radius 3 is 2.61 bits per heavy atom. The molecular weight excluding hydrogens is 242 g/mol. The molecule has 0 unspecified atom stereocenters. The van der Waals surface area contributed by atoms with Gasteiger partial charge in [-0.05, 0) is 6.07 Å². The zero-order valence-electron chi connectivity index (χ0n) is 8.98. The molecule has 1 aromatic rings. The van der Waals surface area contributed by atoms with E-state index in [1.807, 2.05) is 0 Å². The van der Waals surface area contributed by atoms with Crippen LogP contribution in [-0.2, 0) is 0 Å². The summed E-state index contributed by atoms with van der Waals surface area (Å²) in [5, 5.41) is 26.2. The van der Waals surface area contributed by atoms with Crippen molar-refractivity contribution in [2.24, 2.45) is 21.7 Å². The van der Waals surface area contributed by atoms with Gasteiger partial charge in [0.1, 0.15) is 0 Å². The zero-order chi connectivity index (χ0) is 13.7. The number of carboxylic acids is 1. The standard InChI is InChI=1S/C9H9N5O4/c10-9(11)13-12-4-5-1-2-6(14(17)18)3-7(5)8(15)16/h1-4H,(H,15,16)(H4,10,11,13). The Labute approximate surface area is 101 Å². The third kappa shape index (κ3) is 3.27. The second-order valence-corrected chi connectivity index (χ2v) is 3.10. The van der Waals surface area contributed by atoms with Gasteiger partial charge in [-0.15, -0.1) is 5.10 Å². The maximum atomic E-state index is 10.9. The van der Waals surface area contributed by atoms with Crippen molar-refractivity contribution in [1.29, 1.82) is 0 Å². The summed E-state index contributed by atoms with van der Waals surface area (Å²) >= 11 is 0. The van der Waals surface area contributed by atoms with Gasteiger partial charge >= 0.3 is 5.97 Å². The molecule has 0 aliphatic heterocycles. The molecule has 0 aliphatic rings. The summed E-state index contributed by atoms with van der Waals surface area (Å²) in [4.78, 5) is 20.7. The van der Waals surface area contributed by atoms with Gasteiger partial charge in [-0.1, -0.05) is 0 Å². The fraction of sp³-hybridized carbons (Fsp3) is 0. The molecule has 9 heteroatoms. The summed E-state index contributed by atoms with van der Waals surface area (Å²) in [6, 6.07) is 3.33. The largest absolute Gasteiger partial charge is 0.478 e. The van der Waals surface area contributed by atoms with Crippen LogP contribution in [0.3, 0.4) is 0 Å². The summed E-state index contributed by atoms with van der Waals surface area (Å²) in [6.07, 6.45) is 1.09. The molecule has 0 saturated heterocycles. The zero-order valence-corrected chi connectivity index (χ0v) is 8.98. The topological polar surface area (TPSA) is 157 Å². The summed E-state index contributed by atoms with van der Waals surface area (Å²) in [6.45, 7) is 0. The number of hydrogen-bond acceptors (Lipinski definition) is 5. The van der Waals surface area contributed by atoms with Gasteiger partial charge in [0.2, 0.25) is 5.96 Å². The van der Waals surface area contributed by atoms with Crippen LogP contribution < -0.4 is 11.5 Å². The lowest BCUT2D eigenvalue weighted by atomic mass is 10.1. The number of non-ortho nitro benzene ring substituents is 1. The molecule has 0 fully saturated rings. The van der Waals surface area contributed by atoms with E-state index >= 15 is 0 Å². The summed E-state index contributed by atoms with van der Waals surface area (Å²) < 4.78 is 0. The van der Waals surface area contributed by atoms with E-state index in [-0.39, 0.29) is 22.8 Å². The quantitative estimate of drug-likeness (QED) is 0.293. The Balaban J connectivity index is 3.20. The van der Waals surface area contributed by atoms with E-state index in [2.05, 4.69) is 10.2 Å². The van der Waals surface area contributed by atoms with Crippen molar-refractivity contribution in [2.75, 3.05) is 0 Å². The highest BCUT2D eigenvalue weighted by Gasteiger charge is 2.14. The lowest BCUT2D eigenvalue weighted by Crippen LogP contribution is -2.21. The first-order valence-corrected chi connectivity index (χ1v) is 4.55. The maximum absolute atomic E-state index is 10.9. The highest BCUT2D eigenvalue weighted by Crippen LogP contribution is 2.16. The molecule has 18 heavy (non-hydrogen) atoms. The van der Waals surface area contributed by atoms with Crippen molar-refractivity contribution in [3.05, 3.63) is 39.4 Å². The molecule has 0 radical (unpaired) electrons. The van der Waals surface area contributed by atoms with E-state index in [0.29, 0.717) is 0 Å². The van der Waals surface area contributed by atoms with Crippen LogP contribution in [0.25, 0.3) is 0 Å². The van der Waals surface area contributed by atoms with Crippen molar-refractivity contribution in [3.63, 3.8) is 0 Å². The van der Waals surface area contributed by atoms with Gasteiger partial charge in [0.25, 0.3) is 5.69 Å². The molecule has 0 atom stereocenters. The lowest BCUT2D eigenvalue weighted by Gasteiger charge is -1.99. The van der Waals surface area contributed by atoms with E-state index in [0.717, 1.165) is 18.3 Å². The summed E-state index contributed by atoms with van der Waals surface area (Å²) in [5.41, 5.74) is 9.61. The molecule has 0 aromatic heterocycles.